The molecule has 4 aromatic rings. The van der Waals surface area contributed by atoms with Crippen LogP contribution in [0.5, 0.6) is 11.5 Å². The summed E-state index contributed by atoms with van der Waals surface area (Å²) in [6.45, 7) is 4.71. The van der Waals surface area contributed by atoms with Gasteiger partial charge in [-0.3, -0.25) is 4.90 Å². The van der Waals surface area contributed by atoms with Crippen LogP contribution in [0.4, 0.5) is 0 Å². The molecule has 0 saturated carbocycles. The molecule has 1 aliphatic rings. The summed E-state index contributed by atoms with van der Waals surface area (Å²) in [5.41, 5.74) is 2.83. The second kappa shape index (κ2) is 8.30. The van der Waals surface area contributed by atoms with Crippen LogP contribution in [-0.4, -0.2) is 43.4 Å². The Bertz CT molecular complexity index is 1340. The van der Waals surface area contributed by atoms with Gasteiger partial charge in [-0.1, -0.05) is 24.3 Å². The van der Waals surface area contributed by atoms with Crippen molar-refractivity contribution in [2.75, 3.05) is 33.4 Å². The Labute approximate surface area is 185 Å². The molecule has 6 heteroatoms. The number of hydrogen-bond acceptors (Lipinski definition) is 6. The molecule has 1 saturated heterocycles. The molecule has 1 aromatic heterocycles. The molecular formula is C26H25NO5. The van der Waals surface area contributed by atoms with Gasteiger partial charge in [0.15, 0.2) is 0 Å². The van der Waals surface area contributed by atoms with Gasteiger partial charge >= 0.3 is 5.63 Å². The highest BCUT2D eigenvalue weighted by atomic mass is 16.5. The molecule has 32 heavy (non-hydrogen) atoms. The highest BCUT2D eigenvalue weighted by Gasteiger charge is 2.27. The van der Waals surface area contributed by atoms with Gasteiger partial charge in [0.05, 0.1) is 26.4 Å². The van der Waals surface area contributed by atoms with E-state index in [1.165, 1.54) is 6.07 Å². The molecule has 5 rings (SSSR count). The van der Waals surface area contributed by atoms with E-state index in [-0.39, 0.29) is 11.8 Å². The Morgan fingerprint density at radius 1 is 0.969 bits per heavy atom. The van der Waals surface area contributed by atoms with E-state index in [0.29, 0.717) is 24.2 Å². The monoisotopic (exact) mass is 431 g/mol. The first-order valence-electron chi connectivity index (χ1n) is 10.7. The van der Waals surface area contributed by atoms with E-state index in [1.807, 2.05) is 55.5 Å². The number of methoxy groups -OCH3 is 1. The Balaban J connectivity index is 1.70. The molecule has 3 aromatic carbocycles. The van der Waals surface area contributed by atoms with Gasteiger partial charge in [-0.15, -0.1) is 0 Å². The predicted octanol–water partition coefficient (Wildman–Crippen LogP) is 4.39. The van der Waals surface area contributed by atoms with E-state index < -0.39 is 5.63 Å². The summed E-state index contributed by atoms with van der Waals surface area (Å²) in [5, 5.41) is 13.7. The van der Waals surface area contributed by atoms with Crippen LogP contribution in [0.2, 0.25) is 0 Å². The molecule has 0 spiro atoms. The lowest BCUT2D eigenvalue weighted by Gasteiger charge is -2.35. The fraction of sp³-hybridized carbons (Fsp3) is 0.269. The van der Waals surface area contributed by atoms with Crippen molar-refractivity contribution in [1.82, 2.24) is 4.90 Å². The SMILES string of the molecule is COc1ccc([C@@H](c2ccc3c(ccc4c(C)cc(=O)oc43)c2O)N2CCOCC2)cc1. The maximum Gasteiger partial charge on any atom is 0.336 e. The molecule has 0 amide bonds. The van der Waals surface area contributed by atoms with Gasteiger partial charge in [-0.25, -0.2) is 4.79 Å². The summed E-state index contributed by atoms with van der Waals surface area (Å²) in [5.74, 6) is 0.981. The van der Waals surface area contributed by atoms with E-state index >= 15 is 0 Å². The van der Waals surface area contributed by atoms with Crippen molar-refractivity contribution in [3.8, 4) is 11.5 Å². The Morgan fingerprint density at radius 3 is 2.38 bits per heavy atom. The highest BCUT2D eigenvalue weighted by Crippen LogP contribution is 2.41. The molecule has 164 valence electrons. The molecule has 0 aliphatic carbocycles. The third-order valence-corrected chi connectivity index (χ3v) is 6.25. The number of benzene rings is 3. The van der Waals surface area contributed by atoms with Gasteiger partial charge in [0.25, 0.3) is 0 Å². The summed E-state index contributed by atoms with van der Waals surface area (Å²) < 4.78 is 16.4. The van der Waals surface area contributed by atoms with E-state index in [0.717, 1.165) is 46.3 Å². The Hall–Kier alpha value is -3.35. The number of nitrogens with zero attached hydrogens (tertiary/aromatic N) is 1. The van der Waals surface area contributed by atoms with Gasteiger partial charge in [-0.2, -0.15) is 0 Å². The molecule has 1 atom stereocenters. The summed E-state index contributed by atoms with van der Waals surface area (Å²) in [6.07, 6.45) is 0. The van der Waals surface area contributed by atoms with Crippen molar-refractivity contribution >= 4 is 21.7 Å². The minimum atomic E-state index is -0.393. The number of fused-ring (bicyclic) bond motifs is 3. The molecule has 0 radical (unpaired) electrons. The van der Waals surface area contributed by atoms with Crippen LogP contribution in [0.1, 0.15) is 22.7 Å². The fourth-order valence-electron chi connectivity index (χ4n) is 4.61. The van der Waals surface area contributed by atoms with Crippen molar-refractivity contribution < 1.29 is 19.0 Å². The van der Waals surface area contributed by atoms with Gasteiger partial charge in [0, 0.05) is 40.9 Å². The third-order valence-electron chi connectivity index (χ3n) is 6.25. The summed E-state index contributed by atoms with van der Waals surface area (Å²) in [7, 11) is 1.65. The first kappa shape index (κ1) is 20.5. The van der Waals surface area contributed by atoms with Crippen LogP contribution in [-0.2, 0) is 4.74 Å². The quantitative estimate of drug-likeness (QED) is 0.382. The zero-order valence-electron chi connectivity index (χ0n) is 18.1. The van der Waals surface area contributed by atoms with Crippen molar-refractivity contribution in [2.45, 2.75) is 13.0 Å². The first-order chi connectivity index (χ1) is 15.6. The molecule has 1 N–H and O–H groups in total. The van der Waals surface area contributed by atoms with E-state index in [9.17, 15) is 9.90 Å². The number of hydrogen-bond donors (Lipinski definition) is 1. The number of phenols is 1. The molecule has 1 fully saturated rings. The number of aryl methyl sites for hydroxylation is 1. The Kier molecular flexibility index (Phi) is 5.33. The zero-order valence-corrected chi connectivity index (χ0v) is 18.1. The average Bonchev–Trinajstić information content (AvgIpc) is 2.81. The summed E-state index contributed by atoms with van der Waals surface area (Å²) in [4.78, 5) is 14.3. The fourth-order valence-corrected chi connectivity index (χ4v) is 4.61. The molecule has 2 heterocycles. The first-order valence-corrected chi connectivity index (χ1v) is 10.7. The molecule has 0 bridgehead atoms. The van der Waals surface area contributed by atoms with Crippen LogP contribution in [0, 0.1) is 6.92 Å². The van der Waals surface area contributed by atoms with Gasteiger partial charge in [-0.05, 0) is 42.3 Å². The third kappa shape index (κ3) is 3.51. The maximum absolute atomic E-state index is 12.0. The molecule has 1 aliphatic heterocycles. The molecule has 0 unspecified atom stereocenters. The number of aromatic hydroxyl groups is 1. The highest BCUT2D eigenvalue weighted by molar-refractivity contribution is 6.07. The number of rotatable bonds is 4. The van der Waals surface area contributed by atoms with Crippen LogP contribution in [0.15, 0.2) is 63.8 Å². The molecule has 6 nitrogen and oxygen atoms in total. The van der Waals surface area contributed by atoms with Crippen molar-refractivity contribution in [1.29, 1.82) is 0 Å². The summed E-state index contributed by atoms with van der Waals surface area (Å²) in [6, 6.07) is 16.9. The largest absolute Gasteiger partial charge is 0.507 e. The van der Waals surface area contributed by atoms with Crippen LogP contribution in [0.3, 0.4) is 0 Å². The van der Waals surface area contributed by atoms with E-state index in [2.05, 4.69) is 4.90 Å². The smallest absolute Gasteiger partial charge is 0.336 e. The standard InChI is InChI=1S/C26H25NO5/c1-16-15-23(28)32-26-19(16)7-8-20-21(26)9-10-22(25(20)29)24(27-11-13-31-14-12-27)17-3-5-18(30-2)6-4-17/h3-10,15,24,29H,11-14H2,1-2H3/t24-/m0/s1. The van der Waals surface area contributed by atoms with Gasteiger partial charge in [0.1, 0.15) is 17.1 Å². The lowest BCUT2D eigenvalue weighted by atomic mass is 9.92. The number of morpholine rings is 1. The van der Waals surface area contributed by atoms with Crippen molar-refractivity contribution in [2.24, 2.45) is 0 Å². The van der Waals surface area contributed by atoms with Crippen LogP contribution in [0.25, 0.3) is 21.7 Å². The maximum atomic E-state index is 12.0. The van der Waals surface area contributed by atoms with Crippen molar-refractivity contribution in [3.05, 3.63) is 81.7 Å². The lowest BCUT2D eigenvalue weighted by Crippen LogP contribution is -2.39. The van der Waals surface area contributed by atoms with E-state index in [1.54, 1.807) is 7.11 Å². The second-order valence-corrected chi connectivity index (χ2v) is 8.11. The summed E-state index contributed by atoms with van der Waals surface area (Å²) >= 11 is 0. The van der Waals surface area contributed by atoms with Crippen LogP contribution >= 0.6 is 0 Å². The number of phenolic OH excluding ortho intramolecular Hbond substituents is 1. The van der Waals surface area contributed by atoms with Crippen molar-refractivity contribution in [3.63, 3.8) is 0 Å². The van der Waals surface area contributed by atoms with Gasteiger partial charge in [0.2, 0.25) is 0 Å². The topological polar surface area (TPSA) is 72.1 Å². The minimum Gasteiger partial charge on any atom is -0.507 e. The second-order valence-electron chi connectivity index (χ2n) is 8.11. The van der Waals surface area contributed by atoms with Gasteiger partial charge < -0.3 is 19.0 Å². The minimum absolute atomic E-state index is 0.144. The number of ether oxygens (including phenoxy) is 2. The predicted molar refractivity (Wildman–Crippen MR) is 124 cm³/mol. The molecular weight excluding hydrogens is 406 g/mol. The zero-order chi connectivity index (χ0) is 22.2. The van der Waals surface area contributed by atoms with E-state index in [4.69, 9.17) is 13.9 Å². The Morgan fingerprint density at radius 2 is 1.66 bits per heavy atom. The normalized spacial score (nSPS) is 15.8. The average molecular weight is 431 g/mol. The van der Waals surface area contributed by atoms with Crippen LogP contribution < -0.4 is 10.4 Å². The lowest BCUT2D eigenvalue weighted by molar-refractivity contribution is 0.0236.